The van der Waals surface area contributed by atoms with Crippen LogP contribution in [0.2, 0.25) is 0 Å². The molecule has 23 heavy (non-hydrogen) atoms. The summed E-state index contributed by atoms with van der Waals surface area (Å²) in [5.41, 5.74) is 0.644. The fourth-order valence-corrected chi connectivity index (χ4v) is 2.55. The summed E-state index contributed by atoms with van der Waals surface area (Å²) in [5, 5.41) is 2.87. The molecule has 3 rings (SSSR count). The highest BCUT2D eigenvalue weighted by molar-refractivity contribution is 5.93. The van der Waals surface area contributed by atoms with Crippen molar-refractivity contribution in [2.45, 2.75) is 19.8 Å². The second kappa shape index (κ2) is 6.28. The summed E-state index contributed by atoms with van der Waals surface area (Å²) in [4.78, 5) is 22.5. The minimum atomic E-state index is -0.950. The SMILES string of the molecule is Cc1nc(Nc2ccc(F)c(F)c2)cc(C(=O)N2CCCC2)n1. The zero-order valence-corrected chi connectivity index (χ0v) is 12.6. The molecule has 1 fully saturated rings. The molecule has 0 aliphatic carbocycles. The number of aromatic nitrogens is 2. The Kier molecular flexibility index (Phi) is 4.18. The maximum Gasteiger partial charge on any atom is 0.272 e. The van der Waals surface area contributed by atoms with Crippen molar-refractivity contribution >= 4 is 17.4 Å². The van der Waals surface area contributed by atoms with Crippen molar-refractivity contribution < 1.29 is 13.6 Å². The predicted molar refractivity (Wildman–Crippen MR) is 81.5 cm³/mol. The van der Waals surface area contributed by atoms with E-state index < -0.39 is 11.6 Å². The topological polar surface area (TPSA) is 58.1 Å². The minimum absolute atomic E-state index is 0.138. The van der Waals surface area contributed by atoms with E-state index in [1.54, 1.807) is 11.8 Å². The molecule has 2 heterocycles. The van der Waals surface area contributed by atoms with Crippen LogP contribution in [0.3, 0.4) is 0 Å². The molecule has 2 aromatic rings. The number of nitrogens with zero attached hydrogens (tertiary/aromatic N) is 3. The van der Waals surface area contributed by atoms with Gasteiger partial charge < -0.3 is 10.2 Å². The Morgan fingerprint density at radius 2 is 1.87 bits per heavy atom. The van der Waals surface area contributed by atoms with Gasteiger partial charge in [-0.1, -0.05) is 0 Å². The first-order valence-corrected chi connectivity index (χ1v) is 7.40. The van der Waals surface area contributed by atoms with Crippen molar-refractivity contribution in [3.8, 4) is 0 Å². The van der Waals surface area contributed by atoms with E-state index in [1.807, 2.05) is 0 Å². The number of anilines is 2. The molecule has 1 amide bonds. The Morgan fingerprint density at radius 3 is 2.57 bits per heavy atom. The van der Waals surface area contributed by atoms with Crippen LogP contribution in [-0.4, -0.2) is 33.9 Å². The Hall–Kier alpha value is -2.57. The lowest BCUT2D eigenvalue weighted by Crippen LogP contribution is -2.28. The first-order valence-electron chi connectivity index (χ1n) is 7.40. The summed E-state index contributed by atoms with van der Waals surface area (Å²) in [5.74, 6) is -1.21. The van der Waals surface area contributed by atoms with Crippen LogP contribution in [0.4, 0.5) is 20.3 Å². The van der Waals surface area contributed by atoms with Crippen molar-refractivity contribution in [2.75, 3.05) is 18.4 Å². The average Bonchev–Trinajstić information content (AvgIpc) is 3.04. The molecule has 0 atom stereocenters. The van der Waals surface area contributed by atoms with Gasteiger partial charge in [0, 0.05) is 30.9 Å². The van der Waals surface area contributed by atoms with Crippen LogP contribution in [0.15, 0.2) is 24.3 Å². The Bertz CT molecular complexity index is 745. The van der Waals surface area contributed by atoms with Gasteiger partial charge in [-0.3, -0.25) is 4.79 Å². The van der Waals surface area contributed by atoms with Gasteiger partial charge in [-0.2, -0.15) is 0 Å². The Labute approximate surface area is 132 Å². The van der Waals surface area contributed by atoms with Gasteiger partial charge in [0.15, 0.2) is 11.6 Å². The van der Waals surface area contributed by atoms with E-state index in [0.29, 0.717) is 23.0 Å². The lowest BCUT2D eigenvalue weighted by atomic mass is 10.3. The standard InChI is InChI=1S/C16H16F2N4O/c1-10-19-14(16(23)22-6-2-3-7-22)9-15(20-10)21-11-4-5-12(17)13(18)8-11/h4-5,8-9H,2-3,6-7H2,1H3,(H,19,20,21). The van der Waals surface area contributed by atoms with Crippen molar-refractivity contribution in [2.24, 2.45) is 0 Å². The molecule has 0 radical (unpaired) electrons. The van der Waals surface area contributed by atoms with E-state index in [1.165, 1.54) is 12.1 Å². The second-order valence-electron chi connectivity index (χ2n) is 5.44. The van der Waals surface area contributed by atoms with E-state index in [-0.39, 0.29) is 5.91 Å². The molecule has 1 N–H and O–H groups in total. The quantitative estimate of drug-likeness (QED) is 0.945. The molecule has 120 valence electrons. The van der Waals surface area contributed by atoms with Crippen molar-refractivity contribution in [3.63, 3.8) is 0 Å². The van der Waals surface area contributed by atoms with Crippen LogP contribution in [0.25, 0.3) is 0 Å². The number of aryl methyl sites for hydroxylation is 1. The molecular formula is C16H16F2N4O. The normalized spacial score (nSPS) is 14.1. The molecule has 5 nitrogen and oxygen atoms in total. The average molecular weight is 318 g/mol. The van der Waals surface area contributed by atoms with Gasteiger partial charge in [-0.05, 0) is 31.9 Å². The third-order valence-electron chi connectivity index (χ3n) is 3.64. The van der Waals surface area contributed by atoms with Gasteiger partial charge in [0.05, 0.1) is 0 Å². The first kappa shape index (κ1) is 15.3. The second-order valence-corrected chi connectivity index (χ2v) is 5.44. The monoisotopic (exact) mass is 318 g/mol. The molecule has 1 aromatic carbocycles. The van der Waals surface area contributed by atoms with Gasteiger partial charge in [0.25, 0.3) is 5.91 Å². The van der Waals surface area contributed by atoms with E-state index in [9.17, 15) is 13.6 Å². The number of hydrogen-bond acceptors (Lipinski definition) is 4. The number of halogens is 2. The Balaban J connectivity index is 1.84. The van der Waals surface area contributed by atoms with E-state index in [0.717, 1.165) is 38.1 Å². The van der Waals surface area contributed by atoms with Crippen LogP contribution in [-0.2, 0) is 0 Å². The van der Waals surface area contributed by atoms with E-state index >= 15 is 0 Å². The number of hydrogen-bond donors (Lipinski definition) is 1. The number of amides is 1. The molecule has 0 unspecified atom stereocenters. The molecule has 0 saturated carbocycles. The summed E-state index contributed by atoms with van der Waals surface area (Å²) >= 11 is 0. The molecule has 0 bridgehead atoms. The summed E-state index contributed by atoms with van der Waals surface area (Å²) in [7, 11) is 0. The van der Waals surface area contributed by atoms with Crippen molar-refractivity contribution in [1.82, 2.24) is 14.9 Å². The van der Waals surface area contributed by atoms with Crippen LogP contribution >= 0.6 is 0 Å². The zero-order chi connectivity index (χ0) is 16.4. The summed E-state index contributed by atoms with van der Waals surface area (Å²) < 4.78 is 26.2. The van der Waals surface area contributed by atoms with Crippen LogP contribution < -0.4 is 5.32 Å². The van der Waals surface area contributed by atoms with Crippen LogP contribution in [0, 0.1) is 18.6 Å². The molecule has 1 aromatic heterocycles. The minimum Gasteiger partial charge on any atom is -0.340 e. The Morgan fingerprint density at radius 1 is 1.13 bits per heavy atom. The number of carbonyl (C=O) groups is 1. The lowest BCUT2D eigenvalue weighted by molar-refractivity contribution is 0.0786. The maximum atomic E-state index is 13.3. The highest BCUT2D eigenvalue weighted by Crippen LogP contribution is 2.19. The van der Waals surface area contributed by atoms with Gasteiger partial charge in [0.2, 0.25) is 0 Å². The fourth-order valence-electron chi connectivity index (χ4n) is 2.55. The van der Waals surface area contributed by atoms with Crippen LogP contribution in [0.5, 0.6) is 0 Å². The number of carbonyl (C=O) groups excluding carboxylic acids is 1. The highest BCUT2D eigenvalue weighted by Gasteiger charge is 2.21. The molecule has 1 aliphatic rings. The number of nitrogens with one attached hydrogen (secondary N) is 1. The molecular weight excluding hydrogens is 302 g/mol. The number of benzene rings is 1. The number of rotatable bonds is 3. The predicted octanol–water partition coefficient (Wildman–Crippen LogP) is 3.04. The maximum absolute atomic E-state index is 13.3. The molecule has 1 saturated heterocycles. The molecule has 0 spiro atoms. The largest absolute Gasteiger partial charge is 0.340 e. The summed E-state index contributed by atoms with van der Waals surface area (Å²) in [6.45, 7) is 3.14. The fraction of sp³-hybridized carbons (Fsp3) is 0.312. The third-order valence-corrected chi connectivity index (χ3v) is 3.64. The molecule has 7 heteroatoms. The van der Waals surface area contributed by atoms with Gasteiger partial charge in [0.1, 0.15) is 17.3 Å². The number of likely N-dealkylation sites (tertiary alicyclic amines) is 1. The van der Waals surface area contributed by atoms with E-state index in [4.69, 9.17) is 0 Å². The molecule has 1 aliphatic heterocycles. The van der Waals surface area contributed by atoms with E-state index in [2.05, 4.69) is 15.3 Å². The highest BCUT2D eigenvalue weighted by atomic mass is 19.2. The zero-order valence-electron chi connectivity index (χ0n) is 12.6. The van der Waals surface area contributed by atoms with Gasteiger partial charge in [-0.15, -0.1) is 0 Å². The first-order chi connectivity index (χ1) is 11.0. The van der Waals surface area contributed by atoms with Crippen molar-refractivity contribution in [1.29, 1.82) is 0 Å². The van der Waals surface area contributed by atoms with Crippen molar-refractivity contribution in [3.05, 3.63) is 47.4 Å². The summed E-state index contributed by atoms with van der Waals surface area (Å²) in [6.07, 6.45) is 1.99. The third kappa shape index (κ3) is 3.44. The smallest absolute Gasteiger partial charge is 0.272 e. The van der Waals surface area contributed by atoms with Gasteiger partial charge >= 0.3 is 0 Å². The van der Waals surface area contributed by atoms with Gasteiger partial charge in [-0.25, -0.2) is 18.7 Å². The lowest BCUT2D eigenvalue weighted by Gasteiger charge is -2.15. The summed E-state index contributed by atoms with van der Waals surface area (Å²) in [6, 6.07) is 4.99. The van der Waals surface area contributed by atoms with Crippen LogP contribution in [0.1, 0.15) is 29.2 Å².